The highest BCUT2D eigenvalue weighted by Gasteiger charge is 2.34. The Hall–Kier alpha value is -3.92. The molecule has 0 bridgehead atoms. The van der Waals surface area contributed by atoms with Gasteiger partial charge in [-0.25, -0.2) is 12.8 Å². The molecule has 230 valence electrons. The molecule has 10 heteroatoms. The smallest absolute Gasteiger partial charge is 0.244 e. The molecule has 3 aromatic rings. The second kappa shape index (κ2) is 15.0. The summed E-state index contributed by atoms with van der Waals surface area (Å²) in [5.74, 6) is -0.968. The lowest BCUT2D eigenvalue weighted by molar-refractivity contribution is -0.140. The van der Waals surface area contributed by atoms with Gasteiger partial charge < -0.3 is 15.0 Å². The maximum Gasteiger partial charge on any atom is 0.244 e. The molecule has 1 fully saturated rings. The van der Waals surface area contributed by atoms with Crippen molar-refractivity contribution in [3.63, 3.8) is 0 Å². The van der Waals surface area contributed by atoms with Crippen molar-refractivity contribution in [1.29, 1.82) is 0 Å². The second-order valence-electron chi connectivity index (χ2n) is 10.9. The van der Waals surface area contributed by atoms with E-state index in [1.165, 1.54) is 17.0 Å². The minimum Gasteiger partial charge on any atom is -0.492 e. The molecule has 0 radical (unpaired) electrons. The third kappa shape index (κ3) is 9.03. The SMILES string of the molecule is CCOc1ccccc1N(CC(=O)N(Cc1ccc(F)cc1)C(Cc1ccccc1)C(=O)NC1CCCCC1)S(C)(=O)=O. The van der Waals surface area contributed by atoms with E-state index in [4.69, 9.17) is 4.74 Å². The number of para-hydroxylation sites is 2. The van der Waals surface area contributed by atoms with Crippen LogP contribution in [0.5, 0.6) is 5.75 Å². The van der Waals surface area contributed by atoms with Crippen molar-refractivity contribution in [2.24, 2.45) is 0 Å². The van der Waals surface area contributed by atoms with E-state index in [0.717, 1.165) is 48.2 Å². The molecule has 1 N–H and O–H groups in total. The fourth-order valence-electron chi connectivity index (χ4n) is 5.42. The zero-order chi connectivity index (χ0) is 30.8. The largest absolute Gasteiger partial charge is 0.492 e. The molecule has 43 heavy (non-hydrogen) atoms. The Morgan fingerprint density at radius 1 is 0.930 bits per heavy atom. The molecular weight excluding hydrogens is 569 g/mol. The summed E-state index contributed by atoms with van der Waals surface area (Å²) in [7, 11) is -3.94. The number of hydrogen-bond acceptors (Lipinski definition) is 5. The number of nitrogens with one attached hydrogen (secondary N) is 1. The van der Waals surface area contributed by atoms with Gasteiger partial charge in [0.05, 0.1) is 18.6 Å². The van der Waals surface area contributed by atoms with Gasteiger partial charge >= 0.3 is 0 Å². The van der Waals surface area contributed by atoms with E-state index in [0.29, 0.717) is 17.9 Å². The van der Waals surface area contributed by atoms with Crippen molar-refractivity contribution < 1.29 is 27.1 Å². The van der Waals surface area contributed by atoms with Gasteiger partial charge in [0.25, 0.3) is 0 Å². The molecular formula is C33H40FN3O5S. The minimum atomic E-state index is -3.94. The molecule has 8 nitrogen and oxygen atoms in total. The number of rotatable bonds is 13. The molecule has 0 saturated heterocycles. The number of nitrogens with zero attached hydrogens (tertiary/aromatic N) is 2. The lowest BCUT2D eigenvalue weighted by Crippen LogP contribution is -2.55. The van der Waals surface area contributed by atoms with E-state index in [9.17, 15) is 22.4 Å². The highest BCUT2D eigenvalue weighted by atomic mass is 32.2. The Balaban J connectivity index is 1.73. The van der Waals surface area contributed by atoms with Gasteiger partial charge in [0.1, 0.15) is 24.2 Å². The summed E-state index contributed by atoms with van der Waals surface area (Å²) in [4.78, 5) is 29.7. The van der Waals surface area contributed by atoms with Crippen molar-refractivity contribution >= 4 is 27.5 Å². The van der Waals surface area contributed by atoms with Crippen LogP contribution >= 0.6 is 0 Å². The lowest BCUT2D eigenvalue weighted by Gasteiger charge is -2.35. The zero-order valence-corrected chi connectivity index (χ0v) is 25.6. The molecule has 1 aliphatic rings. The molecule has 2 amide bonds. The molecule has 0 aromatic heterocycles. The summed E-state index contributed by atoms with van der Waals surface area (Å²) in [5, 5.41) is 3.17. The Morgan fingerprint density at radius 3 is 2.23 bits per heavy atom. The number of amides is 2. The van der Waals surface area contributed by atoms with Crippen LogP contribution in [0.25, 0.3) is 0 Å². The summed E-state index contributed by atoms with van der Waals surface area (Å²) in [6.07, 6.45) is 6.16. The summed E-state index contributed by atoms with van der Waals surface area (Å²) in [6, 6.07) is 20.8. The Morgan fingerprint density at radius 2 is 1.58 bits per heavy atom. The molecule has 1 unspecified atom stereocenters. The van der Waals surface area contributed by atoms with E-state index < -0.39 is 34.3 Å². The third-order valence-electron chi connectivity index (χ3n) is 7.60. The van der Waals surface area contributed by atoms with Crippen LogP contribution < -0.4 is 14.4 Å². The standard InChI is InChI=1S/C33H40FN3O5S/c1-3-42-31-17-11-10-16-29(31)37(43(2,40)41)24-32(38)36(23-26-18-20-27(34)21-19-26)30(22-25-12-6-4-7-13-25)33(39)35-28-14-8-5-9-15-28/h4,6-7,10-13,16-21,28,30H,3,5,8-9,14-15,22-24H2,1-2H3,(H,35,39). The van der Waals surface area contributed by atoms with Crippen molar-refractivity contribution in [3.8, 4) is 5.75 Å². The number of carbonyl (C=O) groups excluding carboxylic acids is 2. The highest BCUT2D eigenvalue weighted by Crippen LogP contribution is 2.30. The van der Waals surface area contributed by atoms with Crippen molar-refractivity contribution in [2.75, 3.05) is 23.7 Å². The molecule has 0 spiro atoms. The highest BCUT2D eigenvalue weighted by molar-refractivity contribution is 7.92. The average molecular weight is 610 g/mol. The maximum absolute atomic E-state index is 14.3. The van der Waals surface area contributed by atoms with Gasteiger partial charge in [-0.3, -0.25) is 13.9 Å². The number of halogens is 1. The molecule has 0 aliphatic heterocycles. The van der Waals surface area contributed by atoms with Gasteiger partial charge in [0.15, 0.2) is 0 Å². The maximum atomic E-state index is 14.3. The van der Waals surface area contributed by atoms with Crippen LogP contribution in [0.15, 0.2) is 78.9 Å². The van der Waals surface area contributed by atoms with Gasteiger partial charge in [-0.15, -0.1) is 0 Å². The Kier molecular flexibility index (Phi) is 11.2. The average Bonchev–Trinajstić information content (AvgIpc) is 2.99. The summed E-state index contributed by atoms with van der Waals surface area (Å²) in [6.45, 7) is 1.53. The number of carbonyl (C=O) groups is 2. The summed E-state index contributed by atoms with van der Waals surface area (Å²) < 4.78 is 46.6. The summed E-state index contributed by atoms with van der Waals surface area (Å²) in [5.41, 5.74) is 1.69. The number of ether oxygens (including phenoxy) is 1. The summed E-state index contributed by atoms with van der Waals surface area (Å²) >= 11 is 0. The molecule has 3 aromatic carbocycles. The number of sulfonamides is 1. The molecule has 1 saturated carbocycles. The van der Waals surface area contributed by atoms with E-state index in [2.05, 4.69) is 5.32 Å². The third-order valence-corrected chi connectivity index (χ3v) is 8.73. The van der Waals surface area contributed by atoms with Crippen LogP contribution in [0.1, 0.15) is 50.2 Å². The number of benzene rings is 3. The van der Waals surface area contributed by atoms with Crippen LogP contribution in [0.4, 0.5) is 10.1 Å². The van der Waals surface area contributed by atoms with Crippen LogP contribution in [0.2, 0.25) is 0 Å². The quantitative estimate of drug-likeness (QED) is 0.292. The van der Waals surface area contributed by atoms with Gasteiger partial charge in [0, 0.05) is 19.0 Å². The van der Waals surface area contributed by atoms with E-state index in [-0.39, 0.29) is 30.6 Å². The van der Waals surface area contributed by atoms with Crippen molar-refractivity contribution in [2.45, 2.75) is 64.1 Å². The topological polar surface area (TPSA) is 96.0 Å². The first-order valence-electron chi connectivity index (χ1n) is 14.7. The first-order valence-corrected chi connectivity index (χ1v) is 16.6. The number of anilines is 1. The fraction of sp³-hybridized carbons (Fsp3) is 0.394. The second-order valence-corrected chi connectivity index (χ2v) is 12.8. The van der Waals surface area contributed by atoms with Crippen LogP contribution in [-0.4, -0.2) is 56.6 Å². The van der Waals surface area contributed by atoms with E-state index in [1.807, 2.05) is 30.3 Å². The fourth-order valence-corrected chi connectivity index (χ4v) is 6.27. The van der Waals surface area contributed by atoms with Crippen molar-refractivity contribution in [3.05, 3.63) is 95.8 Å². The Labute approximate surface area is 253 Å². The first-order chi connectivity index (χ1) is 20.7. The monoisotopic (exact) mass is 609 g/mol. The normalized spacial score (nSPS) is 14.5. The van der Waals surface area contributed by atoms with Gasteiger partial charge in [-0.1, -0.05) is 73.9 Å². The van der Waals surface area contributed by atoms with Gasteiger partial charge in [-0.2, -0.15) is 0 Å². The Bertz CT molecular complexity index is 1460. The van der Waals surface area contributed by atoms with Crippen LogP contribution in [0.3, 0.4) is 0 Å². The molecule has 1 atom stereocenters. The van der Waals surface area contributed by atoms with E-state index >= 15 is 0 Å². The van der Waals surface area contributed by atoms with E-state index in [1.54, 1.807) is 43.3 Å². The predicted octanol–water partition coefficient (Wildman–Crippen LogP) is 5.08. The van der Waals surface area contributed by atoms with Crippen molar-refractivity contribution in [1.82, 2.24) is 10.2 Å². The predicted molar refractivity (Wildman–Crippen MR) is 166 cm³/mol. The molecule has 0 heterocycles. The minimum absolute atomic E-state index is 0.00730. The number of hydrogen-bond donors (Lipinski definition) is 1. The van der Waals surface area contributed by atoms with Gasteiger partial charge in [-0.05, 0) is 55.2 Å². The zero-order valence-electron chi connectivity index (χ0n) is 24.7. The molecule has 4 rings (SSSR count). The van der Waals surface area contributed by atoms with Crippen LogP contribution in [0, 0.1) is 5.82 Å². The molecule has 1 aliphatic carbocycles. The lowest BCUT2D eigenvalue weighted by atomic mass is 9.94. The van der Waals surface area contributed by atoms with Crippen LogP contribution in [-0.2, 0) is 32.6 Å². The van der Waals surface area contributed by atoms with Gasteiger partial charge in [0.2, 0.25) is 21.8 Å². The first kappa shape index (κ1) is 32.0.